The molecule has 0 radical (unpaired) electrons. The van der Waals surface area contributed by atoms with Crippen molar-refractivity contribution in [1.82, 2.24) is 0 Å². The predicted octanol–water partition coefficient (Wildman–Crippen LogP) is 3.89. The molecule has 16 heavy (non-hydrogen) atoms. The Balaban J connectivity index is 1.99. The van der Waals surface area contributed by atoms with Crippen molar-refractivity contribution < 1.29 is 9.15 Å². The molecular formula is C13H13ClO2. The lowest BCUT2D eigenvalue weighted by atomic mass is 10.0. The molecule has 0 saturated carbocycles. The van der Waals surface area contributed by atoms with E-state index in [-0.39, 0.29) is 11.5 Å². The maximum atomic E-state index is 6.17. The number of furan rings is 1. The Bertz CT molecular complexity index is 491. The van der Waals surface area contributed by atoms with Gasteiger partial charge in [0.1, 0.15) is 5.58 Å². The van der Waals surface area contributed by atoms with Crippen LogP contribution < -0.4 is 0 Å². The molecule has 84 valence electrons. The van der Waals surface area contributed by atoms with Crippen LogP contribution in [0.3, 0.4) is 0 Å². The van der Waals surface area contributed by atoms with Crippen molar-refractivity contribution in [3.63, 3.8) is 0 Å². The summed E-state index contributed by atoms with van der Waals surface area (Å²) in [7, 11) is 0. The summed E-state index contributed by atoms with van der Waals surface area (Å²) in [5, 5.41) is 1.35. The van der Waals surface area contributed by atoms with Gasteiger partial charge in [-0.2, -0.15) is 0 Å². The highest BCUT2D eigenvalue weighted by molar-refractivity contribution is 6.20. The second-order valence-electron chi connectivity index (χ2n) is 4.17. The van der Waals surface area contributed by atoms with Gasteiger partial charge < -0.3 is 9.15 Å². The number of benzene rings is 1. The zero-order valence-corrected chi connectivity index (χ0v) is 9.61. The summed E-state index contributed by atoms with van der Waals surface area (Å²) in [5.74, 6) is 0. The largest absolute Gasteiger partial charge is 0.464 e. The molecule has 2 aromatic rings. The maximum Gasteiger partial charge on any atom is 0.134 e. The van der Waals surface area contributed by atoms with Crippen molar-refractivity contribution in [3.8, 4) is 0 Å². The van der Waals surface area contributed by atoms with Crippen molar-refractivity contribution >= 4 is 22.6 Å². The molecule has 0 N–H and O–H groups in total. The van der Waals surface area contributed by atoms with Gasteiger partial charge >= 0.3 is 0 Å². The Morgan fingerprint density at radius 2 is 2.12 bits per heavy atom. The monoisotopic (exact) mass is 236 g/mol. The average molecular weight is 237 g/mol. The number of alkyl halides is 1. The van der Waals surface area contributed by atoms with E-state index in [1.54, 1.807) is 6.26 Å². The third-order valence-corrected chi connectivity index (χ3v) is 3.47. The second-order valence-corrected chi connectivity index (χ2v) is 4.79. The zero-order chi connectivity index (χ0) is 11.0. The standard InChI is InChI=1S/C13H13ClO2/c14-9-5-6-15-13(7-9)11-8-16-12-4-2-1-3-10(11)12/h1-4,8-9,13H,5-7H2. The summed E-state index contributed by atoms with van der Waals surface area (Å²) in [4.78, 5) is 0. The van der Waals surface area contributed by atoms with Gasteiger partial charge in [-0.15, -0.1) is 11.6 Å². The average Bonchev–Trinajstić information content (AvgIpc) is 2.72. The van der Waals surface area contributed by atoms with Crippen LogP contribution in [-0.4, -0.2) is 12.0 Å². The van der Waals surface area contributed by atoms with Gasteiger partial charge in [-0.25, -0.2) is 0 Å². The first-order chi connectivity index (χ1) is 7.84. The van der Waals surface area contributed by atoms with Crippen molar-refractivity contribution in [2.45, 2.75) is 24.3 Å². The molecule has 1 aliphatic rings. The molecular weight excluding hydrogens is 224 g/mol. The van der Waals surface area contributed by atoms with Gasteiger partial charge in [0.2, 0.25) is 0 Å². The maximum absolute atomic E-state index is 6.17. The van der Waals surface area contributed by atoms with Crippen LogP contribution in [0.15, 0.2) is 34.9 Å². The zero-order valence-electron chi connectivity index (χ0n) is 8.86. The quantitative estimate of drug-likeness (QED) is 0.701. The molecule has 1 fully saturated rings. The molecule has 2 unspecified atom stereocenters. The first kappa shape index (κ1) is 10.2. The summed E-state index contributed by atoms with van der Waals surface area (Å²) in [5.41, 5.74) is 2.04. The molecule has 2 nitrogen and oxygen atoms in total. The number of para-hydroxylation sites is 1. The Labute approximate surface area is 99.1 Å². The van der Waals surface area contributed by atoms with E-state index in [1.165, 1.54) is 0 Å². The normalized spacial score (nSPS) is 26.1. The molecule has 3 heteroatoms. The van der Waals surface area contributed by atoms with Crippen LogP contribution in [0.1, 0.15) is 24.5 Å². The van der Waals surface area contributed by atoms with Gasteiger partial charge in [-0.1, -0.05) is 18.2 Å². The van der Waals surface area contributed by atoms with E-state index in [4.69, 9.17) is 20.8 Å². The van der Waals surface area contributed by atoms with Crippen molar-refractivity contribution in [2.24, 2.45) is 0 Å². The van der Waals surface area contributed by atoms with Crippen LogP contribution in [0.4, 0.5) is 0 Å². The highest BCUT2D eigenvalue weighted by atomic mass is 35.5. The number of hydrogen-bond acceptors (Lipinski definition) is 2. The number of fused-ring (bicyclic) bond motifs is 1. The Hall–Kier alpha value is -0.990. The molecule has 1 aromatic heterocycles. The van der Waals surface area contributed by atoms with E-state index in [9.17, 15) is 0 Å². The third-order valence-electron chi connectivity index (χ3n) is 3.08. The smallest absolute Gasteiger partial charge is 0.134 e. The van der Waals surface area contributed by atoms with Gasteiger partial charge in [-0.3, -0.25) is 0 Å². The minimum Gasteiger partial charge on any atom is -0.464 e. The molecule has 0 aliphatic carbocycles. The molecule has 1 aliphatic heterocycles. The Morgan fingerprint density at radius 1 is 1.25 bits per heavy atom. The minimum atomic E-state index is 0.0832. The highest BCUT2D eigenvalue weighted by Gasteiger charge is 2.25. The van der Waals surface area contributed by atoms with Crippen LogP contribution in [0.2, 0.25) is 0 Å². The molecule has 0 spiro atoms. The molecule has 0 amide bonds. The van der Waals surface area contributed by atoms with Gasteiger partial charge in [0.15, 0.2) is 0 Å². The Kier molecular flexibility index (Phi) is 2.62. The van der Waals surface area contributed by atoms with E-state index in [2.05, 4.69) is 6.07 Å². The molecule has 1 saturated heterocycles. The van der Waals surface area contributed by atoms with Gasteiger partial charge in [0.25, 0.3) is 0 Å². The van der Waals surface area contributed by atoms with Gasteiger partial charge in [0, 0.05) is 22.9 Å². The Morgan fingerprint density at radius 3 is 3.00 bits per heavy atom. The lowest BCUT2D eigenvalue weighted by molar-refractivity contribution is 0.0173. The lowest BCUT2D eigenvalue weighted by Crippen LogP contribution is -2.19. The number of hydrogen-bond donors (Lipinski definition) is 0. The van der Waals surface area contributed by atoms with Crippen molar-refractivity contribution in [3.05, 3.63) is 36.1 Å². The number of ether oxygens (including phenoxy) is 1. The van der Waals surface area contributed by atoms with Crippen LogP contribution >= 0.6 is 11.6 Å². The minimum absolute atomic E-state index is 0.0832. The molecule has 1 aromatic carbocycles. The number of rotatable bonds is 1. The first-order valence-corrected chi connectivity index (χ1v) is 6.00. The molecule has 2 atom stereocenters. The van der Waals surface area contributed by atoms with Gasteiger partial charge in [-0.05, 0) is 18.9 Å². The predicted molar refractivity (Wildman–Crippen MR) is 63.8 cm³/mol. The van der Waals surface area contributed by atoms with Crippen LogP contribution in [0, 0.1) is 0 Å². The van der Waals surface area contributed by atoms with Crippen LogP contribution in [0.5, 0.6) is 0 Å². The molecule has 3 rings (SSSR count). The fourth-order valence-corrected chi connectivity index (χ4v) is 2.47. The van der Waals surface area contributed by atoms with E-state index >= 15 is 0 Å². The summed E-state index contributed by atoms with van der Waals surface area (Å²) >= 11 is 6.17. The second kappa shape index (κ2) is 4.11. The lowest BCUT2D eigenvalue weighted by Gasteiger charge is -2.25. The SMILES string of the molecule is ClC1CCOC(c2coc3ccccc23)C1. The first-order valence-electron chi connectivity index (χ1n) is 5.56. The van der Waals surface area contributed by atoms with Crippen LogP contribution in [-0.2, 0) is 4.74 Å². The van der Waals surface area contributed by atoms with Gasteiger partial charge in [0.05, 0.1) is 12.4 Å². The third kappa shape index (κ3) is 1.72. The fourth-order valence-electron chi connectivity index (χ4n) is 2.22. The summed E-state index contributed by atoms with van der Waals surface area (Å²) in [6.07, 6.45) is 3.68. The summed E-state index contributed by atoms with van der Waals surface area (Å²) in [6.45, 7) is 0.734. The van der Waals surface area contributed by atoms with E-state index in [1.807, 2.05) is 18.2 Å². The molecule has 0 bridgehead atoms. The van der Waals surface area contributed by atoms with Crippen molar-refractivity contribution in [2.75, 3.05) is 6.61 Å². The van der Waals surface area contributed by atoms with E-state index in [0.717, 1.165) is 36.0 Å². The molecule has 2 heterocycles. The number of halogens is 1. The summed E-state index contributed by atoms with van der Waals surface area (Å²) < 4.78 is 11.3. The fraction of sp³-hybridized carbons (Fsp3) is 0.385. The van der Waals surface area contributed by atoms with E-state index in [0.29, 0.717) is 0 Å². The van der Waals surface area contributed by atoms with Crippen LogP contribution in [0.25, 0.3) is 11.0 Å². The van der Waals surface area contributed by atoms with E-state index < -0.39 is 0 Å². The van der Waals surface area contributed by atoms with Crippen molar-refractivity contribution in [1.29, 1.82) is 0 Å². The topological polar surface area (TPSA) is 22.4 Å². The summed E-state index contributed by atoms with van der Waals surface area (Å²) in [6, 6.07) is 8.03. The highest BCUT2D eigenvalue weighted by Crippen LogP contribution is 2.35.